The molecule has 2 atom stereocenters. The van der Waals surface area contributed by atoms with Crippen LogP contribution in [0.25, 0.3) is 0 Å². The Morgan fingerprint density at radius 2 is 2.05 bits per heavy atom. The first-order chi connectivity index (χ1) is 8.53. The van der Waals surface area contributed by atoms with Crippen LogP contribution in [-0.2, 0) is 9.84 Å². The van der Waals surface area contributed by atoms with Crippen LogP contribution in [0.5, 0.6) is 0 Å². The van der Waals surface area contributed by atoms with Crippen molar-refractivity contribution in [2.24, 2.45) is 5.92 Å². The molecule has 1 saturated carbocycles. The van der Waals surface area contributed by atoms with Crippen LogP contribution in [0.1, 0.15) is 33.1 Å². The molecule has 1 aliphatic carbocycles. The molecule has 0 aromatic rings. The molecule has 0 aromatic carbocycles. The molecule has 1 rings (SSSR count). The highest BCUT2D eigenvalue weighted by Gasteiger charge is 2.43. The van der Waals surface area contributed by atoms with E-state index in [-0.39, 0.29) is 6.42 Å². The average Bonchev–Trinajstić information content (AvgIpc) is 2.20. The molecule has 1 amide bonds. The minimum absolute atomic E-state index is 0.0441. The second-order valence-electron chi connectivity index (χ2n) is 5.29. The van der Waals surface area contributed by atoms with E-state index in [2.05, 4.69) is 5.32 Å². The van der Waals surface area contributed by atoms with Gasteiger partial charge in [0.15, 0.2) is 9.84 Å². The van der Waals surface area contributed by atoms with Crippen LogP contribution >= 0.6 is 0 Å². The summed E-state index contributed by atoms with van der Waals surface area (Å²) in [5, 5.41) is 10.2. The number of hydrogen-bond acceptors (Lipinski definition) is 3. The predicted octanol–water partition coefficient (Wildman–Crippen LogP) is 1.88. The van der Waals surface area contributed by atoms with E-state index in [1.54, 1.807) is 0 Å². The van der Waals surface area contributed by atoms with Crippen LogP contribution in [0.3, 0.4) is 0 Å². The third kappa shape index (κ3) is 4.59. The third-order valence-electron chi connectivity index (χ3n) is 3.42. The molecule has 8 heteroatoms. The van der Waals surface area contributed by atoms with Gasteiger partial charge in [0.1, 0.15) is 0 Å². The van der Waals surface area contributed by atoms with E-state index in [0.717, 1.165) is 0 Å². The SMILES string of the molecule is CC(C)S(=O)(=O)CC1CC(F)(F)CCC1NC(=O)O. The molecular formula is C11H19F2NO4S. The molecule has 2 N–H and O–H groups in total. The summed E-state index contributed by atoms with van der Waals surface area (Å²) in [5.41, 5.74) is 0. The first-order valence-corrected chi connectivity index (χ1v) is 7.84. The summed E-state index contributed by atoms with van der Waals surface area (Å²) in [6, 6.07) is -0.731. The lowest BCUT2D eigenvalue weighted by Crippen LogP contribution is -2.48. The van der Waals surface area contributed by atoms with Crippen LogP contribution in [0, 0.1) is 5.92 Å². The molecule has 0 spiro atoms. The first-order valence-electron chi connectivity index (χ1n) is 6.12. The van der Waals surface area contributed by atoms with Gasteiger partial charge in [0.2, 0.25) is 5.92 Å². The molecule has 0 heterocycles. The van der Waals surface area contributed by atoms with Gasteiger partial charge < -0.3 is 10.4 Å². The summed E-state index contributed by atoms with van der Waals surface area (Å²) in [4.78, 5) is 10.6. The summed E-state index contributed by atoms with van der Waals surface area (Å²) in [6.07, 6.45) is -2.38. The molecular weight excluding hydrogens is 280 g/mol. The zero-order valence-corrected chi connectivity index (χ0v) is 11.7. The van der Waals surface area contributed by atoms with Crippen LogP contribution in [0.4, 0.5) is 13.6 Å². The largest absolute Gasteiger partial charge is 0.465 e. The Bertz CT molecular complexity index is 436. The summed E-state index contributed by atoms with van der Waals surface area (Å²) < 4.78 is 50.4. The summed E-state index contributed by atoms with van der Waals surface area (Å²) >= 11 is 0. The van der Waals surface area contributed by atoms with Gasteiger partial charge in [-0.15, -0.1) is 0 Å². The Labute approximate surface area is 111 Å². The second-order valence-corrected chi connectivity index (χ2v) is 7.89. The van der Waals surface area contributed by atoms with E-state index in [1.807, 2.05) is 0 Å². The summed E-state index contributed by atoms with van der Waals surface area (Å²) in [5.74, 6) is -4.22. The van der Waals surface area contributed by atoms with Gasteiger partial charge in [0, 0.05) is 18.9 Å². The topological polar surface area (TPSA) is 83.5 Å². The minimum atomic E-state index is -3.48. The molecule has 0 saturated heterocycles. The van der Waals surface area contributed by atoms with Crippen molar-refractivity contribution in [3.63, 3.8) is 0 Å². The predicted molar refractivity (Wildman–Crippen MR) is 66.2 cm³/mol. The Hall–Kier alpha value is -0.920. The highest BCUT2D eigenvalue weighted by molar-refractivity contribution is 7.91. The molecule has 1 fully saturated rings. The van der Waals surface area contributed by atoms with Gasteiger partial charge >= 0.3 is 6.09 Å². The second kappa shape index (κ2) is 5.60. The molecule has 2 unspecified atom stereocenters. The van der Waals surface area contributed by atoms with E-state index < -0.39 is 57.7 Å². The van der Waals surface area contributed by atoms with Crippen LogP contribution < -0.4 is 5.32 Å². The van der Waals surface area contributed by atoms with Crippen molar-refractivity contribution >= 4 is 15.9 Å². The number of nitrogens with one attached hydrogen (secondary N) is 1. The van der Waals surface area contributed by atoms with Crippen molar-refractivity contribution in [2.45, 2.75) is 50.3 Å². The van der Waals surface area contributed by atoms with Crippen LogP contribution in [0.2, 0.25) is 0 Å². The Kier molecular flexibility index (Phi) is 4.76. The van der Waals surface area contributed by atoms with Crippen molar-refractivity contribution in [2.75, 3.05) is 5.75 Å². The van der Waals surface area contributed by atoms with Gasteiger partial charge in [0.25, 0.3) is 0 Å². The number of carboxylic acid groups (broad SMARTS) is 1. The number of sulfone groups is 1. The number of halogens is 2. The van der Waals surface area contributed by atoms with E-state index in [4.69, 9.17) is 5.11 Å². The number of hydrogen-bond donors (Lipinski definition) is 2. The summed E-state index contributed by atoms with van der Waals surface area (Å²) in [6.45, 7) is 2.96. The third-order valence-corrected chi connectivity index (χ3v) is 5.75. The molecule has 112 valence electrons. The molecule has 0 aromatic heterocycles. The van der Waals surface area contributed by atoms with Gasteiger partial charge in [-0.05, 0) is 26.2 Å². The Morgan fingerprint density at radius 1 is 1.47 bits per heavy atom. The summed E-state index contributed by atoms with van der Waals surface area (Å²) in [7, 11) is -3.48. The fourth-order valence-electron chi connectivity index (χ4n) is 2.24. The number of alkyl halides is 2. The van der Waals surface area contributed by atoms with Crippen molar-refractivity contribution in [3.8, 4) is 0 Å². The lowest BCUT2D eigenvalue weighted by Gasteiger charge is -2.35. The average molecular weight is 299 g/mol. The highest BCUT2D eigenvalue weighted by Crippen LogP contribution is 2.37. The van der Waals surface area contributed by atoms with E-state index in [9.17, 15) is 22.0 Å². The van der Waals surface area contributed by atoms with Gasteiger partial charge in [-0.3, -0.25) is 0 Å². The smallest absolute Gasteiger partial charge is 0.404 e. The molecule has 19 heavy (non-hydrogen) atoms. The molecule has 5 nitrogen and oxygen atoms in total. The number of rotatable bonds is 4. The lowest BCUT2D eigenvalue weighted by molar-refractivity contribution is -0.0572. The molecule has 0 aliphatic heterocycles. The van der Waals surface area contributed by atoms with Crippen molar-refractivity contribution in [3.05, 3.63) is 0 Å². The fraction of sp³-hybridized carbons (Fsp3) is 0.909. The maximum atomic E-state index is 13.4. The van der Waals surface area contributed by atoms with Crippen LogP contribution in [0.15, 0.2) is 0 Å². The lowest BCUT2D eigenvalue weighted by atomic mass is 9.83. The molecule has 0 bridgehead atoms. The molecule has 1 aliphatic rings. The van der Waals surface area contributed by atoms with Gasteiger partial charge in [-0.25, -0.2) is 22.0 Å². The normalized spacial score (nSPS) is 27.2. The quantitative estimate of drug-likeness (QED) is 0.830. The Morgan fingerprint density at radius 3 is 2.53 bits per heavy atom. The van der Waals surface area contributed by atoms with Crippen molar-refractivity contribution in [1.82, 2.24) is 5.32 Å². The van der Waals surface area contributed by atoms with Gasteiger partial charge in [-0.2, -0.15) is 0 Å². The molecule has 0 radical (unpaired) electrons. The fourth-order valence-corrected chi connectivity index (χ4v) is 3.58. The standard InChI is InChI=1S/C11H19F2NO4S/c1-7(2)19(17,18)6-8-5-11(12,13)4-3-9(8)14-10(15)16/h7-9,14H,3-6H2,1-2H3,(H,15,16). The maximum Gasteiger partial charge on any atom is 0.404 e. The minimum Gasteiger partial charge on any atom is -0.465 e. The monoisotopic (exact) mass is 299 g/mol. The maximum absolute atomic E-state index is 13.4. The van der Waals surface area contributed by atoms with Crippen LogP contribution in [-0.4, -0.2) is 42.6 Å². The number of carbonyl (C=O) groups is 1. The van der Waals surface area contributed by atoms with Gasteiger partial charge in [0.05, 0.1) is 11.0 Å². The van der Waals surface area contributed by atoms with Crippen molar-refractivity contribution < 1.29 is 27.1 Å². The van der Waals surface area contributed by atoms with Gasteiger partial charge in [-0.1, -0.05) is 0 Å². The zero-order valence-electron chi connectivity index (χ0n) is 10.9. The Balaban J connectivity index is 2.86. The van der Waals surface area contributed by atoms with Crippen molar-refractivity contribution in [1.29, 1.82) is 0 Å². The number of amides is 1. The first kappa shape index (κ1) is 16.1. The van der Waals surface area contributed by atoms with E-state index >= 15 is 0 Å². The zero-order chi connectivity index (χ0) is 14.8. The van der Waals surface area contributed by atoms with E-state index in [0.29, 0.717) is 0 Å². The highest BCUT2D eigenvalue weighted by atomic mass is 32.2. The van der Waals surface area contributed by atoms with E-state index in [1.165, 1.54) is 13.8 Å².